The van der Waals surface area contributed by atoms with Gasteiger partial charge in [0.05, 0.1) is 12.9 Å². The number of unbranched alkanes of at least 4 members (excludes halogenated alkanes) is 1. The zero-order valence-electron chi connectivity index (χ0n) is 19.1. The molecule has 1 unspecified atom stereocenters. The number of methoxy groups -OCH3 is 1. The zero-order valence-corrected chi connectivity index (χ0v) is 21.5. The molecule has 0 aromatic heterocycles. The minimum Gasteiger partial charge on any atom is -0.497 e. The standard InChI is InChI=1S/C25H33BrN2O3S/c1-4-6-14-27-25(30)23(5-2)28(16-20-8-7-9-22(15-20)31-3)24(29)18-32-17-19-10-12-21(26)13-11-19/h7-13,15,23H,4-6,14,16-18H2,1-3H3,(H,27,30). The lowest BCUT2D eigenvalue weighted by atomic mass is 10.1. The maximum absolute atomic E-state index is 13.3. The molecule has 0 aliphatic rings. The molecule has 1 atom stereocenters. The maximum Gasteiger partial charge on any atom is 0.242 e. The molecule has 2 rings (SSSR count). The van der Waals surface area contributed by atoms with E-state index in [9.17, 15) is 9.59 Å². The first-order valence-corrected chi connectivity index (χ1v) is 13.0. The van der Waals surface area contributed by atoms with Crippen LogP contribution in [-0.2, 0) is 21.9 Å². The normalized spacial score (nSPS) is 11.6. The summed E-state index contributed by atoms with van der Waals surface area (Å²) in [7, 11) is 1.62. The van der Waals surface area contributed by atoms with Crippen LogP contribution in [0.25, 0.3) is 0 Å². The Morgan fingerprint density at radius 2 is 1.88 bits per heavy atom. The zero-order chi connectivity index (χ0) is 23.3. The van der Waals surface area contributed by atoms with Gasteiger partial charge in [-0.3, -0.25) is 9.59 Å². The predicted octanol–water partition coefficient (Wildman–Crippen LogP) is 5.41. The minimum atomic E-state index is -0.501. The van der Waals surface area contributed by atoms with E-state index in [1.165, 1.54) is 0 Å². The number of nitrogens with one attached hydrogen (secondary N) is 1. The summed E-state index contributed by atoms with van der Waals surface area (Å²) >= 11 is 5.01. The van der Waals surface area contributed by atoms with Crippen LogP contribution in [0.15, 0.2) is 53.0 Å². The fourth-order valence-corrected chi connectivity index (χ4v) is 4.45. The first-order chi connectivity index (χ1) is 15.5. The molecule has 0 aliphatic carbocycles. The third-order valence-electron chi connectivity index (χ3n) is 5.11. The Morgan fingerprint density at radius 3 is 2.53 bits per heavy atom. The summed E-state index contributed by atoms with van der Waals surface area (Å²) in [4.78, 5) is 27.9. The first kappa shape index (κ1) is 26.3. The van der Waals surface area contributed by atoms with Crippen LogP contribution in [0.4, 0.5) is 0 Å². The van der Waals surface area contributed by atoms with Gasteiger partial charge < -0.3 is 15.0 Å². The van der Waals surface area contributed by atoms with Crippen molar-refractivity contribution in [3.05, 3.63) is 64.1 Å². The highest BCUT2D eigenvalue weighted by Crippen LogP contribution is 2.20. The summed E-state index contributed by atoms with van der Waals surface area (Å²) in [6.07, 6.45) is 2.50. The predicted molar refractivity (Wildman–Crippen MR) is 136 cm³/mol. The van der Waals surface area contributed by atoms with E-state index in [-0.39, 0.29) is 11.8 Å². The Bertz CT molecular complexity index is 861. The van der Waals surface area contributed by atoms with Crippen LogP contribution in [0.5, 0.6) is 5.75 Å². The Labute approximate surface area is 204 Å². The summed E-state index contributed by atoms with van der Waals surface area (Å²) < 4.78 is 6.36. The average molecular weight is 522 g/mol. The van der Waals surface area contributed by atoms with Gasteiger partial charge in [-0.05, 0) is 48.2 Å². The van der Waals surface area contributed by atoms with E-state index in [2.05, 4.69) is 28.2 Å². The topological polar surface area (TPSA) is 58.6 Å². The molecular formula is C25H33BrN2O3S. The fourth-order valence-electron chi connectivity index (χ4n) is 3.31. The number of carbonyl (C=O) groups is 2. The van der Waals surface area contributed by atoms with Crippen LogP contribution >= 0.6 is 27.7 Å². The molecule has 0 aliphatic heterocycles. The Kier molecular flexibility index (Phi) is 11.7. The minimum absolute atomic E-state index is 0.0348. The van der Waals surface area contributed by atoms with Crippen LogP contribution in [-0.4, -0.2) is 42.2 Å². The maximum atomic E-state index is 13.3. The molecule has 7 heteroatoms. The van der Waals surface area contributed by atoms with Crippen LogP contribution in [0, 0.1) is 0 Å². The summed E-state index contributed by atoms with van der Waals surface area (Å²) in [6, 6.07) is 15.2. The number of hydrogen-bond donors (Lipinski definition) is 1. The molecule has 0 spiro atoms. The van der Waals surface area contributed by atoms with Gasteiger partial charge in [0.25, 0.3) is 0 Å². The van der Waals surface area contributed by atoms with E-state index in [4.69, 9.17) is 4.74 Å². The summed E-state index contributed by atoms with van der Waals surface area (Å²) in [5, 5.41) is 3.00. The van der Waals surface area contributed by atoms with Gasteiger partial charge in [-0.25, -0.2) is 0 Å². The number of amides is 2. The monoisotopic (exact) mass is 520 g/mol. The number of hydrogen-bond acceptors (Lipinski definition) is 4. The van der Waals surface area contributed by atoms with E-state index in [0.29, 0.717) is 25.3 Å². The fraction of sp³-hybridized carbons (Fsp3) is 0.440. The number of thioether (sulfide) groups is 1. The summed E-state index contributed by atoms with van der Waals surface area (Å²) in [6.45, 7) is 5.04. The van der Waals surface area contributed by atoms with Gasteiger partial charge in [0.15, 0.2) is 0 Å². The van der Waals surface area contributed by atoms with E-state index < -0.39 is 6.04 Å². The van der Waals surface area contributed by atoms with Gasteiger partial charge in [0, 0.05) is 23.3 Å². The largest absolute Gasteiger partial charge is 0.497 e. The molecule has 0 fully saturated rings. The molecule has 0 saturated heterocycles. The van der Waals surface area contributed by atoms with Crippen molar-refractivity contribution >= 4 is 39.5 Å². The van der Waals surface area contributed by atoms with Crippen molar-refractivity contribution < 1.29 is 14.3 Å². The van der Waals surface area contributed by atoms with Crippen molar-refractivity contribution in [2.45, 2.75) is 51.4 Å². The van der Waals surface area contributed by atoms with Gasteiger partial charge in [-0.1, -0.05) is 60.5 Å². The second-order valence-electron chi connectivity index (χ2n) is 7.56. The van der Waals surface area contributed by atoms with Crippen molar-refractivity contribution in [2.75, 3.05) is 19.4 Å². The molecule has 2 amide bonds. The first-order valence-electron chi connectivity index (χ1n) is 11.0. The lowest BCUT2D eigenvalue weighted by Crippen LogP contribution is -2.49. The lowest BCUT2D eigenvalue weighted by Gasteiger charge is -2.30. The van der Waals surface area contributed by atoms with Crippen molar-refractivity contribution in [1.82, 2.24) is 10.2 Å². The molecule has 174 valence electrons. The highest BCUT2D eigenvalue weighted by Gasteiger charge is 2.28. The smallest absolute Gasteiger partial charge is 0.242 e. The van der Waals surface area contributed by atoms with Gasteiger partial charge in [-0.2, -0.15) is 0 Å². The number of ether oxygens (including phenoxy) is 1. The number of nitrogens with zero attached hydrogens (tertiary/aromatic N) is 1. The molecule has 5 nitrogen and oxygen atoms in total. The highest BCUT2D eigenvalue weighted by molar-refractivity contribution is 9.10. The SMILES string of the molecule is CCCCNC(=O)C(CC)N(Cc1cccc(OC)c1)C(=O)CSCc1ccc(Br)cc1. The molecule has 2 aromatic rings. The summed E-state index contributed by atoms with van der Waals surface area (Å²) in [5.41, 5.74) is 2.10. The molecule has 0 saturated carbocycles. The van der Waals surface area contributed by atoms with Gasteiger partial charge in [0.1, 0.15) is 11.8 Å². The number of benzene rings is 2. The lowest BCUT2D eigenvalue weighted by molar-refractivity contribution is -0.139. The number of carbonyl (C=O) groups excluding carboxylic acids is 2. The Hall–Kier alpha value is -1.99. The van der Waals surface area contributed by atoms with Crippen molar-refractivity contribution in [2.24, 2.45) is 0 Å². The Morgan fingerprint density at radius 1 is 1.12 bits per heavy atom. The third kappa shape index (κ3) is 8.51. The van der Waals surface area contributed by atoms with E-state index in [0.717, 1.165) is 39.9 Å². The number of rotatable bonds is 13. The molecular weight excluding hydrogens is 488 g/mol. The van der Waals surface area contributed by atoms with Gasteiger partial charge >= 0.3 is 0 Å². The average Bonchev–Trinajstić information content (AvgIpc) is 2.80. The summed E-state index contributed by atoms with van der Waals surface area (Å²) in [5.74, 6) is 1.67. The molecule has 2 aromatic carbocycles. The second kappa shape index (κ2) is 14.2. The van der Waals surface area contributed by atoms with Gasteiger partial charge in [0.2, 0.25) is 11.8 Å². The Balaban J connectivity index is 2.12. The van der Waals surface area contributed by atoms with Crippen LogP contribution < -0.4 is 10.1 Å². The van der Waals surface area contributed by atoms with E-state index in [1.54, 1.807) is 23.8 Å². The van der Waals surface area contributed by atoms with Crippen LogP contribution in [0.3, 0.4) is 0 Å². The van der Waals surface area contributed by atoms with Gasteiger partial charge in [-0.15, -0.1) is 11.8 Å². The highest BCUT2D eigenvalue weighted by atomic mass is 79.9. The molecule has 1 N–H and O–H groups in total. The molecule has 0 radical (unpaired) electrons. The van der Waals surface area contributed by atoms with E-state index >= 15 is 0 Å². The second-order valence-corrected chi connectivity index (χ2v) is 9.46. The quantitative estimate of drug-likeness (QED) is 0.358. The molecule has 32 heavy (non-hydrogen) atoms. The number of halogens is 1. The molecule has 0 bridgehead atoms. The van der Waals surface area contributed by atoms with Crippen LogP contribution in [0.2, 0.25) is 0 Å². The van der Waals surface area contributed by atoms with Crippen molar-refractivity contribution in [3.8, 4) is 5.75 Å². The third-order valence-corrected chi connectivity index (χ3v) is 6.63. The van der Waals surface area contributed by atoms with E-state index in [1.807, 2.05) is 55.5 Å². The van der Waals surface area contributed by atoms with Crippen molar-refractivity contribution in [1.29, 1.82) is 0 Å². The van der Waals surface area contributed by atoms with Crippen molar-refractivity contribution in [3.63, 3.8) is 0 Å². The van der Waals surface area contributed by atoms with Crippen LogP contribution in [0.1, 0.15) is 44.2 Å². The molecule has 0 heterocycles.